The van der Waals surface area contributed by atoms with Crippen LogP contribution in [0.25, 0.3) is 0 Å². The first-order valence-corrected chi connectivity index (χ1v) is 5.67. The second kappa shape index (κ2) is 4.19. The number of rotatable bonds is 3. The molecule has 1 aliphatic rings. The number of fused-ring (bicyclic) bond motifs is 1. The molecule has 0 N–H and O–H groups in total. The van der Waals surface area contributed by atoms with Gasteiger partial charge in [0.15, 0.2) is 17.6 Å². The van der Waals surface area contributed by atoms with E-state index >= 15 is 0 Å². The van der Waals surface area contributed by atoms with E-state index in [1.54, 1.807) is 11.3 Å². The second-order valence-electron chi connectivity index (χ2n) is 3.53. The lowest BCUT2D eigenvalue weighted by atomic mass is 10.3. The number of ether oxygens (including phenoxy) is 3. The highest BCUT2D eigenvalue weighted by molar-refractivity contribution is 7.08. The minimum absolute atomic E-state index is 0.0273. The van der Waals surface area contributed by atoms with Gasteiger partial charge in [-0.25, -0.2) is 0 Å². The van der Waals surface area contributed by atoms with Crippen molar-refractivity contribution in [2.24, 2.45) is 0 Å². The van der Waals surface area contributed by atoms with E-state index in [0.717, 1.165) is 11.5 Å². The van der Waals surface area contributed by atoms with Crippen LogP contribution in [0.3, 0.4) is 0 Å². The highest BCUT2D eigenvalue weighted by atomic mass is 32.1. The van der Waals surface area contributed by atoms with Gasteiger partial charge in [-0.3, -0.25) is 0 Å². The van der Waals surface area contributed by atoms with Crippen molar-refractivity contribution < 1.29 is 14.2 Å². The average molecular weight is 214 g/mol. The molecule has 4 heteroatoms. The van der Waals surface area contributed by atoms with Crippen LogP contribution in [0, 0.1) is 0 Å². The first-order valence-electron chi connectivity index (χ1n) is 4.73. The van der Waals surface area contributed by atoms with Gasteiger partial charge in [0.25, 0.3) is 0 Å². The minimum atomic E-state index is 0.0273. The molecule has 0 amide bonds. The van der Waals surface area contributed by atoms with Gasteiger partial charge in [0.05, 0.1) is 12.7 Å². The number of hydrogen-bond acceptors (Lipinski definition) is 4. The van der Waals surface area contributed by atoms with Crippen molar-refractivity contribution in [3.8, 4) is 11.5 Å². The van der Waals surface area contributed by atoms with Gasteiger partial charge >= 0.3 is 0 Å². The van der Waals surface area contributed by atoms with Crippen LogP contribution in [0.4, 0.5) is 0 Å². The Morgan fingerprint density at radius 2 is 2.29 bits per heavy atom. The van der Waals surface area contributed by atoms with E-state index in [4.69, 9.17) is 14.2 Å². The fourth-order valence-electron chi connectivity index (χ4n) is 1.24. The van der Waals surface area contributed by atoms with Crippen molar-refractivity contribution in [1.29, 1.82) is 0 Å². The normalized spacial score (nSPS) is 20.1. The molecular weight excluding hydrogens is 200 g/mol. The van der Waals surface area contributed by atoms with Crippen LogP contribution in [0.15, 0.2) is 10.8 Å². The van der Waals surface area contributed by atoms with Gasteiger partial charge in [-0.2, -0.15) is 0 Å². The fraction of sp³-hybridized carbons (Fsp3) is 0.600. The van der Waals surface area contributed by atoms with E-state index in [1.165, 1.54) is 0 Å². The summed E-state index contributed by atoms with van der Waals surface area (Å²) in [6, 6.07) is 0. The highest BCUT2D eigenvalue weighted by Crippen LogP contribution is 2.35. The third kappa shape index (κ3) is 2.19. The van der Waals surface area contributed by atoms with Crippen LogP contribution in [-0.4, -0.2) is 25.4 Å². The van der Waals surface area contributed by atoms with Gasteiger partial charge in [-0.1, -0.05) is 0 Å². The van der Waals surface area contributed by atoms with E-state index in [2.05, 4.69) is 0 Å². The fourth-order valence-corrected chi connectivity index (χ4v) is 1.91. The molecule has 1 aromatic heterocycles. The van der Waals surface area contributed by atoms with Crippen LogP contribution < -0.4 is 9.47 Å². The zero-order valence-electron chi connectivity index (χ0n) is 8.36. The summed E-state index contributed by atoms with van der Waals surface area (Å²) in [4.78, 5) is 0. The van der Waals surface area contributed by atoms with Crippen molar-refractivity contribution in [2.45, 2.75) is 26.1 Å². The molecule has 0 bridgehead atoms. The molecule has 1 unspecified atom stereocenters. The summed E-state index contributed by atoms with van der Waals surface area (Å²) >= 11 is 1.59. The Hall–Kier alpha value is -0.740. The third-order valence-electron chi connectivity index (χ3n) is 1.93. The molecule has 2 heterocycles. The summed E-state index contributed by atoms with van der Waals surface area (Å²) in [5, 5.41) is 3.91. The zero-order chi connectivity index (χ0) is 9.97. The average Bonchev–Trinajstić information content (AvgIpc) is 2.61. The monoisotopic (exact) mass is 214 g/mol. The maximum atomic E-state index is 5.68. The topological polar surface area (TPSA) is 27.7 Å². The predicted molar refractivity (Wildman–Crippen MR) is 55.3 cm³/mol. The lowest BCUT2D eigenvalue weighted by Gasteiger charge is -2.24. The van der Waals surface area contributed by atoms with E-state index in [9.17, 15) is 0 Å². The van der Waals surface area contributed by atoms with Crippen LogP contribution in [-0.2, 0) is 4.74 Å². The van der Waals surface area contributed by atoms with Crippen molar-refractivity contribution >= 4 is 11.3 Å². The molecule has 3 nitrogen and oxygen atoms in total. The Kier molecular flexibility index (Phi) is 2.93. The van der Waals surface area contributed by atoms with Crippen molar-refractivity contribution in [3.63, 3.8) is 0 Å². The molecule has 0 radical (unpaired) electrons. The van der Waals surface area contributed by atoms with Gasteiger partial charge in [-0.15, -0.1) is 11.3 Å². The third-order valence-corrected chi connectivity index (χ3v) is 2.63. The molecule has 0 fully saturated rings. The maximum absolute atomic E-state index is 5.68. The molecule has 0 aliphatic carbocycles. The van der Waals surface area contributed by atoms with Gasteiger partial charge in [0.1, 0.15) is 6.61 Å². The van der Waals surface area contributed by atoms with Crippen LogP contribution in [0.1, 0.15) is 13.8 Å². The molecule has 0 saturated heterocycles. The smallest absolute Gasteiger partial charge is 0.172 e. The van der Waals surface area contributed by atoms with Gasteiger partial charge in [0.2, 0.25) is 0 Å². The number of thiophene rings is 1. The van der Waals surface area contributed by atoms with Crippen LogP contribution >= 0.6 is 11.3 Å². The Balaban J connectivity index is 1.88. The van der Waals surface area contributed by atoms with Crippen molar-refractivity contribution in [1.82, 2.24) is 0 Å². The standard InChI is InChI=1S/C10H14O3S/c1-7(2)11-3-8-4-12-9-5-14-6-10(9)13-8/h5-8H,3-4H2,1-2H3. The predicted octanol–water partition coefficient (Wildman–Crippen LogP) is 2.31. The summed E-state index contributed by atoms with van der Waals surface area (Å²) in [7, 11) is 0. The second-order valence-corrected chi connectivity index (χ2v) is 4.28. The van der Waals surface area contributed by atoms with E-state index in [-0.39, 0.29) is 12.2 Å². The van der Waals surface area contributed by atoms with E-state index in [1.807, 2.05) is 24.6 Å². The van der Waals surface area contributed by atoms with Gasteiger partial charge in [0, 0.05) is 10.8 Å². The molecule has 0 aromatic carbocycles. The molecule has 0 saturated carbocycles. The highest BCUT2D eigenvalue weighted by Gasteiger charge is 2.21. The van der Waals surface area contributed by atoms with Gasteiger partial charge < -0.3 is 14.2 Å². The summed E-state index contributed by atoms with van der Waals surface area (Å²) in [6.07, 6.45) is 0.266. The minimum Gasteiger partial charge on any atom is -0.485 e. The SMILES string of the molecule is CC(C)OCC1COc2cscc2O1. The summed E-state index contributed by atoms with van der Waals surface area (Å²) < 4.78 is 16.7. The molecular formula is C10H14O3S. The van der Waals surface area contributed by atoms with Gasteiger partial charge in [-0.05, 0) is 13.8 Å². The van der Waals surface area contributed by atoms with Crippen LogP contribution in [0.2, 0.25) is 0 Å². The summed E-state index contributed by atoms with van der Waals surface area (Å²) in [5.41, 5.74) is 0. The summed E-state index contributed by atoms with van der Waals surface area (Å²) in [6.45, 7) is 5.20. The molecule has 14 heavy (non-hydrogen) atoms. The summed E-state index contributed by atoms with van der Waals surface area (Å²) in [5.74, 6) is 1.70. The Labute approximate surface area is 87.6 Å². The van der Waals surface area contributed by atoms with E-state index in [0.29, 0.717) is 13.2 Å². The zero-order valence-corrected chi connectivity index (χ0v) is 9.17. The molecule has 1 atom stereocenters. The Bertz CT molecular complexity index is 295. The first-order chi connectivity index (χ1) is 6.75. The molecule has 1 aliphatic heterocycles. The molecule has 0 spiro atoms. The Morgan fingerprint density at radius 1 is 1.50 bits per heavy atom. The first kappa shape index (κ1) is 9.80. The van der Waals surface area contributed by atoms with Crippen LogP contribution in [0.5, 0.6) is 11.5 Å². The Morgan fingerprint density at radius 3 is 3.07 bits per heavy atom. The van der Waals surface area contributed by atoms with Crippen molar-refractivity contribution in [3.05, 3.63) is 10.8 Å². The molecule has 2 rings (SSSR count). The van der Waals surface area contributed by atoms with Crippen molar-refractivity contribution in [2.75, 3.05) is 13.2 Å². The largest absolute Gasteiger partial charge is 0.485 e. The lowest BCUT2D eigenvalue weighted by molar-refractivity contribution is -0.0133. The number of hydrogen-bond donors (Lipinski definition) is 0. The molecule has 78 valence electrons. The lowest BCUT2D eigenvalue weighted by Crippen LogP contribution is -2.33. The maximum Gasteiger partial charge on any atom is 0.172 e. The van der Waals surface area contributed by atoms with E-state index < -0.39 is 0 Å². The molecule has 1 aromatic rings. The quantitative estimate of drug-likeness (QED) is 0.772.